The molecule has 31 heavy (non-hydrogen) atoms. The summed E-state index contributed by atoms with van der Waals surface area (Å²) in [7, 11) is 0. The number of nitrogens with zero attached hydrogens (tertiary/aromatic N) is 4. The Bertz CT molecular complexity index is 1080. The van der Waals surface area contributed by atoms with Crippen LogP contribution in [0, 0.1) is 28.9 Å². The van der Waals surface area contributed by atoms with E-state index in [0.717, 1.165) is 12.1 Å². The molecule has 0 fully saturated rings. The summed E-state index contributed by atoms with van der Waals surface area (Å²) in [6.45, 7) is -0.0388. The number of urea groups is 1. The van der Waals surface area contributed by atoms with Gasteiger partial charge < -0.3 is 15.3 Å². The van der Waals surface area contributed by atoms with Gasteiger partial charge in [0.2, 0.25) is 0 Å². The minimum atomic E-state index is -3.16. The van der Waals surface area contributed by atoms with E-state index in [1.807, 2.05) is 0 Å². The number of aliphatic hydroxyl groups excluding tert-OH is 1. The van der Waals surface area contributed by atoms with Crippen LogP contribution in [0.3, 0.4) is 0 Å². The van der Waals surface area contributed by atoms with Gasteiger partial charge in [-0.25, -0.2) is 13.6 Å². The van der Waals surface area contributed by atoms with Crippen molar-refractivity contribution in [2.45, 2.75) is 38.3 Å². The monoisotopic (exact) mass is 437 g/mol. The number of anilines is 1. The van der Waals surface area contributed by atoms with Gasteiger partial charge in [-0.3, -0.25) is 4.68 Å². The van der Waals surface area contributed by atoms with Gasteiger partial charge in [-0.2, -0.15) is 19.1 Å². The number of amides is 2. The van der Waals surface area contributed by atoms with Crippen LogP contribution in [0.1, 0.15) is 35.4 Å². The molecule has 4 rings (SSSR count). The minimum Gasteiger partial charge on any atom is -0.396 e. The van der Waals surface area contributed by atoms with Crippen molar-refractivity contribution in [3.63, 3.8) is 0 Å². The number of hydrogen-bond acceptors (Lipinski definition) is 4. The lowest BCUT2D eigenvalue weighted by atomic mass is 9.98. The van der Waals surface area contributed by atoms with E-state index in [1.165, 1.54) is 15.7 Å². The number of rotatable bonds is 2. The standard InChI is InChI=1S/C20H19F4N5O2/c21-14-1-2-16(17(22)12(14)7-25)26-19(31)28-6-4-15-13(9-28)18-20(23,24)5-3-11(10-30)8-29(18)27-15/h1-2,11,30H,3-6,8-10H2,(H,26,31). The zero-order chi connectivity index (χ0) is 22.3. The number of halogens is 4. The first-order chi connectivity index (χ1) is 14.7. The zero-order valence-electron chi connectivity index (χ0n) is 16.3. The molecule has 0 bridgehead atoms. The van der Waals surface area contributed by atoms with E-state index in [9.17, 15) is 27.5 Å². The summed E-state index contributed by atoms with van der Waals surface area (Å²) < 4.78 is 58.7. The van der Waals surface area contributed by atoms with Crippen molar-refractivity contribution in [3.8, 4) is 6.07 Å². The molecule has 164 valence electrons. The number of nitrogens with one attached hydrogen (secondary N) is 1. The number of nitriles is 1. The molecule has 1 unspecified atom stereocenters. The Morgan fingerprint density at radius 3 is 2.87 bits per heavy atom. The average Bonchev–Trinajstić information content (AvgIpc) is 3.05. The van der Waals surface area contributed by atoms with Gasteiger partial charge in [0.25, 0.3) is 5.92 Å². The molecule has 7 nitrogen and oxygen atoms in total. The molecule has 1 aromatic heterocycles. The normalized spacial score (nSPS) is 19.7. The second-order valence-electron chi connectivity index (χ2n) is 7.75. The van der Waals surface area contributed by atoms with Crippen molar-refractivity contribution >= 4 is 11.7 Å². The number of alkyl halides is 2. The van der Waals surface area contributed by atoms with Gasteiger partial charge >= 0.3 is 6.03 Å². The van der Waals surface area contributed by atoms with Gasteiger partial charge in [-0.05, 0) is 18.6 Å². The second kappa shape index (κ2) is 7.85. The topological polar surface area (TPSA) is 94.2 Å². The van der Waals surface area contributed by atoms with Crippen LogP contribution >= 0.6 is 0 Å². The predicted molar refractivity (Wildman–Crippen MR) is 100 cm³/mol. The lowest BCUT2D eigenvalue weighted by molar-refractivity contribution is -0.0226. The quantitative estimate of drug-likeness (QED) is 0.706. The SMILES string of the molecule is N#Cc1c(F)ccc(NC(=O)N2CCc3nn4c(c3C2)C(F)(F)CCC(CO)C4)c1F. The maximum absolute atomic E-state index is 14.9. The van der Waals surface area contributed by atoms with E-state index in [-0.39, 0.29) is 61.9 Å². The van der Waals surface area contributed by atoms with Crippen molar-refractivity contribution < 1.29 is 27.5 Å². The third-order valence-corrected chi connectivity index (χ3v) is 5.74. The summed E-state index contributed by atoms with van der Waals surface area (Å²) in [6.07, 6.45) is -0.0465. The van der Waals surface area contributed by atoms with Gasteiger partial charge in [-0.15, -0.1) is 0 Å². The summed E-state index contributed by atoms with van der Waals surface area (Å²) >= 11 is 0. The molecule has 2 aromatic rings. The Kier molecular flexibility index (Phi) is 5.35. The first-order valence-corrected chi connectivity index (χ1v) is 9.77. The molecule has 0 aliphatic carbocycles. The molecule has 1 aromatic carbocycles. The Balaban J connectivity index is 1.59. The first-order valence-electron chi connectivity index (χ1n) is 9.77. The van der Waals surface area contributed by atoms with Crippen molar-refractivity contribution in [2.24, 2.45) is 5.92 Å². The zero-order valence-corrected chi connectivity index (χ0v) is 16.3. The largest absolute Gasteiger partial charge is 0.396 e. The maximum Gasteiger partial charge on any atom is 0.322 e. The molecular weight excluding hydrogens is 418 g/mol. The van der Waals surface area contributed by atoms with Crippen molar-refractivity contribution in [2.75, 3.05) is 18.5 Å². The van der Waals surface area contributed by atoms with Gasteiger partial charge in [0, 0.05) is 44.0 Å². The first kappa shape index (κ1) is 21.1. The Hall–Kier alpha value is -3.13. The second-order valence-corrected chi connectivity index (χ2v) is 7.75. The van der Waals surface area contributed by atoms with Crippen molar-refractivity contribution in [1.29, 1.82) is 5.26 Å². The van der Waals surface area contributed by atoms with Crippen molar-refractivity contribution in [1.82, 2.24) is 14.7 Å². The van der Waals surface area contributed by atoms with E-state index < -0.39 is 35.6 Å². The summed E-state index contributed by atoms with van der Waals surface area (Å²) in [4.78, 5) is 13.9. The number of benzene rings is 1. The molecule has 2 aliphatic heterocycles. The number of aromatic nitrogens is 2. The Morgan fingerprint density at radius 2 is 2.16 bits per heavy atom. The summed E-state index contributed by atoms with van der Waals surface area (Å²) in [5, 5.41) is 24.9. The predicted octanol–water partition coefficient (Wildman–Crippen LogP) is 3.12. The number of carbonyl (C=O) groups is 1. The number of carbonyl (C=O) groups excluding carboxylic acids is 1. The fourth-order valence-corrected chi connectivity index (χ4v) is 4.08. The number of hydrogen-bond donors (Lipinski definition) is 2. The van der Waals surface area contributed by atoms with Crippen LogP contribution in [0.5, 0.6) is 0 Å². The van der Waals surface area contributed by atoms with Crippen LogP contribution in [0.25, 0.3) is 0 Å². The van der Waals surface area contributed by atoms with Crippen LogP contribution in [0.2, 0.25) is 0 Å². The lowest BCUT2D eigenvalue weighted by Gasteiger charge is -2.28. The minimum absolute atomic E-state index is 0.149. The summed E-state index contributed by atoms with van der Waals surface area (Å²) in [6, 6.07) is 2.49. The van der Waals surface area contributed by atoms with Crippen molar-refractivity contribution in [3.05, 3.63) is 46.3 Å². The molecule has 0 spiro atoms. The highest BCUT2D eigenvalue weighted by molar-refractivity contribution is 5.90. The highest BCUT2D eigenvalue weighted by atomic mass is 19.3. The van der Waals surface area contributed by atoms with E-state index in [0.29, 0.717) is 5.69 Å². The van der Waals surface area contributed by atoms with E-state index in [2.05, 4.69) is 10.4 Å². The molecule has 0 saturated carbocycles. The lowest BCUT2D eigenvalue weighted by Crippen LogP contribution is -2.39. The highest BCUT2D eigenvalue weighted by Crippen LogP contribution is 2.41. The third-order valence-electron chi connectivity index (χ3n) is 5.74. The fraction of sp³-hybridized carbons (Fsp3) is 0.450. The average molecular weight is 437 g/mol. The van der Waals surface area contributed by atoms with Crippen LogP contribution < -0.4 is 5.32 Å². The van der Waals surface area contributed by atoms with Crippen LogP contribution in [0.4, 0.5) is 28.0 Å². The van der Waals surface area contributed by atoms with Gasteiger partial charge in [0.15, 0.2) is 5.82 Å². The summed E-state index contributed by atoms with van der Waals surface area (Å²) in [5.41, 5.74) is -0.729. The molecule has 2 amide bonds. The highest BCUT2D eigenvalue weighted by Gasteiger charge is 2.43. The van der Waals surface area contributed by atoms with Gasteiger partial charge in [-0.1, -0.05) is 0 Å². The van der Waals surface area contributed by atoms with Gasteiger partial charge in [0.05, 0.1) is 17.9 Å². The van der Waals surface area contributed by atoms with Gasteiger partial charge in [0.1, 0.15) is 23.1 Å². The van der Waals surface area contributed by atoms with Crippen LogP contribution in [-0.4, -0.2) is 39.0 Å². The van der Waals surface area contributed by atoms with Crippen LogP contribution in [-0.2, 0) is 25.4 Å². The molecule has 0 saturated heterocycles. The molecule has 11 heteroatoms. The van der Waals surface area contributed by atoms with Crippen LogP contribution in [0.15, 0.2) is 12.1 Å². The number of fused-ring (bicyclic) bond motifs is 3. The Morgan fingerprint density at radius 1 is 1.39 bits per heavy atom. The smallest absolute Gasteiger partial charge is 0.322 e. The molecular formula is C20H19F4N5O2. The molecule has 2 aliphatic rings. The van der Waals surface area contributed by atoms with E-state index in [1.54, 1.807) is 0 Å². The fourth-order valence-electron chi connectivity index (χ4n) is 4.08. The van der Waals surface area contributed by atoms with E-state index >= 15 is 0 Å². The molecule has 3 heterocycles. The maximum atomic E-state index is 14.9. The Labute approximate surface area is 174 Å². The summed E-state index contributed by atoms with van der Waals surface area (Å²) in [5.74, 6) is -5.74. The third kappa shape index (κ3) is 3.72. The number of aliphatic hydroxyl groups is 1. The molecule has 1 atom stereocenters. The molecule has 0 radical (unpaired) electrons. The molecule has 2 N–H and O–H groups in total. The van der Waals surface area contributed by atoms with E-state index in [4.69, 9.17) is 5.26 Å².